The van der Waals surface area contributed by atoms with Crippen molar-refractivity contribution in [2.24, 2.45) is 0 Å². The molecule has 0 aromatic heterocycles. The van der Waals surface area contributed by atoms with Crippen molar-refractivity contribution in [2.75, 3.05) is 25.2 Å². The summed E-state index contributed by atoms with van der Waals surface area (Å²) in [6.45, 7) is 3.14. The number of amides is 1. The quantitative estimate of drug-likeness (QED) is 0.726. The Labute approximate surface area is 125 Å². The van der Waals surface area contributed by atoms with Crippen LogP contribution in [-0.2, 0) is 9.84 Å². The van der Waals surface area contributed by atoms with Gasteiger partial charge in [0.25, 0.3) is 5.91 Å². The van der Waals surface area contributed by atoms with Gasteiger partial charge in [-0.05, 0) is 24.6 Å². The largest absolute Gasteiger partial charge is 0.337 e. The summed E-state index contributed by atoms with van der Waals surface area (Å²) in [6.07, 6.45) is 3.01. The van der Waals surface area contributed by atoms with Gasteiger partial charge in [0.15, 0.2) is 9.84 Å². The van der Waals surface area contributed by atoms with Crippen molar-refractivity contribution >= 4 is 27.3 Å². The number of benzene rings is 1. The topological polar surface area (TPSA) is 54.5 Å². The molecule has 0 bridgehead atoms. The van der Waals surface area contributed by atoms with Gasteiger partial charge in [0, 0.05) is 30.8 Å². The smallest absolute Gasteiger partial charge is 0.253 e. The van der Waals surface area contributed by atoms with Gasteiger partial charge < -0.3 is 4.90 Å². The lowest BCUT2D eigenvalue weighted by Crippen LogP contribution is -2.33. The Bertz CT molecular complexity index is 557. The first-order chi connectivity index (χ1) is 9.40. The molecule has 0 heterocycles. The predicted octanol–water partition coefficient (Wildman–Crippen LogP) is 2.57. The van der Waals surface area contributed by atoms with E-state index >= 15 is 0 Å². The fraction of sp³-hybridized carbons (Fsp3) is 0.500. The van der Waals surface area contributed by atoms with Crippen LogP contribution in [0.25, 0.3) is 0 Å². The molecule has 0 saturated carbocycles. The van der Waals surface area contributed by atoms with Gasteiger partial charge >= 0.3 is 0 Å². The number of unbranched alkanes of at least 4 members (excludes halogenated alkanes) is 1. The molecular weight excluding hydrogens is 298 g/mol. The zero-order chi connectivity index (χ0) is 15.2. The van der Waals surface area contributed by atoms with Crippen LogP contribution in [0.5, 0.6) is 0 Å². The molecule has 4 nitrogen and oxygen atoms in total. The average molecular weight is 318 g/mol. The molecule has 0 saturated heterocycles. The van der Waals surface area contributed by atoms with Gasteiger partial charge in [-0.15, -0.1) is 11.6 Å². The minimum Gasteiger partial charge on any atom is -0.337 e. The average Bonchev–Trinajstić information content (AvgIpc) is 2.42. The summed E-state index contributed by atoms with van der Waals surface area (Å²) in [5, 5.41) is 0. The number of nitrogens with zero attached hydrogens (tertiary/aromatic N) is 1. The minimum atomic E-state index is -3.31. The summed E-state index contributed by atoms with van der Waals surface area (Å²) in [5.74, 6) is 0.186. The fourth-order valence-corrected chi connectivity index (χ4v) is 2.68. The molecule has 6 heteroatoms. The number of sulfone groups is 1. The van der Waals surface area contributed by atoms with Gasteiger partial charge in [-0.2, -0.15) is 0 Å². The van der Waals surface area contributed by atoms with Crippen LogP contribution in [0.4, 0.5) is 0 Å². The molecule has 1 amide bonds. The first-order valence-corrected chi connectivity index (χ1v) is 8.98. The van der Waals surface area contributed by atoms with E-state index < -0.39 is 9.84 Å². The monoisotopic (exact) mass is 317 g/mol. The maximum absolute atomic E-state index is 12.4. The van der Waals surface area contributed by atoms with Gasteiger partial charge in [-0.1, -0.05) is 19.4 Å². The molecule has 20 heavy (non-hydrogen) atoms. The Morgan fingerprint density at radius 3 is 2.55 bits per heavy atom. The van der Waals surface area contributed by atoms with Crippen LogP contribution in [0.1, 0.15) is 30.1 Å². The number of carbonyl (C=O) groups is 1. The van der Waals surface area contributed by atoms with E-state index in [1.54, 1.807) is 17.0 Å². The van der Waals surface area contributed by atoms with Crippen LogP contribution in [0, 0.1) is 0 Å². The Kier molecular flexibility index (Phi) is 6.49. The van der Waals surface area contributed by atoms with E-state index in [4.69, 9.17) is 11.6 Å². The van der Waals surface area contributed by atoms with E-state index in [1.807, 2.05) is 6.92 Å². The molecule has 0 radical (unpaired) electrons. The first kappa shape index (κ1) is 17.0. The maximum atomic E-state index is 12.4. The van der Waals surface area contributed by atoms with Gasteiger partial charge in [0.1, 0.15) is 0 Å². The van der Waals surface area contributed by atoms with Crippen LogP contribution >= 0.6 is 11.6 Å². The lowest BCUT2D eigenvalue weighted by Gasteiger charge is -2.21. The van der Waals surface area contributed by atoms with Crippen LogP contribution in [-0.4, -0.2) is 44.5 Å². The summed E-state index contributed by atoms with van der Waals surface area (Å²) in [5.41, 5.74) is 0.383. The number of hydrogen-bond donors (Lipinski definition) is 0. The third-order valence-electron chi connectivity index (χ3n) is 2.93. The van der Waals surface area contributed by atoms with Gasteiger partial charge in [-0.3, -0.25) is 4.79 Å². The summed E-state index contributed by atoms with van der Waals surface area (Å²) in [4.78, 5) is 14.2. The second-order valence-electron chi connectivity index (χ2n) is 4.63. The van der Waals surface area contributed by atoms with E-state index in [9.17, 15) is 13.2 Å². The van der Waals surface area contributed by atoms with Gasteiger partial charge in [0.2, 0.25) is 0 Å². The number of alkyl halides is 1. The molecule has 0 aliphatic heterocycles. The lowest BCUT2D eigenvalue weighted by atomic mass is 10.2. The van der Waals surface area contributed by atoms with E-state index in [1.165, 1.54) is 12.1 Å². The van der Waals surface area contributed by atoms with Crippen LogP contribution in [0.2, 0.25) is 0 Å². The number of halogens is 1. The van der Waals surface area contributed by atoms with Crippen molar-refractivity contribution in [3.05, 3.63) is 29.8 Å². The van der Waals surface area contributed by atoms with Crippen molar-refractivity contribution < 1.29 is 13.2 Å². The molecule has 0 atom stereocenters. The Morgan fingerprint density at radius 1 is 1.30 bits per heavy atom. The molecule has 0 N–H and O–H groups in total. The highest BCUT2D eigenvalue weighted by atomic mass is 35.5. The lowest BCUT2D eigenvalue weighted by molar-refractivity contribution is 0.0763. The number of hydrogen-bond acceptors (Lipinski definition) is 3. The zero-order valence-corrected chi connectivity index (χ0v) is 13.4. The molecule has 0 spiro atoms. The van der Waals surface area contributed by atoms with Crippen molar-refractivity contribution in [3.8, 4) is 0 Å². The van der Waals surface area contributed by atoms with Crippen molar-refractivity contribution in [1.82, 2.24) is 4.90 Å². The SMILES string of the molecule is CCCCN(CCCl)C(=O)c1cccc(S(C)(=O)=O)c1. The second-order valence-corrected chi connectivity index (χ2v) is 7.03. The summed E-state index contributed by atoms with van der Waals surface area (Å²) >= 11 is 5.72. The zero-order valence-electron chi connectivity index (χ0n) is 11.8. The number of rotatable bonds is 7. The van der Waals surface area contributed by atoms with Crippen molar-refractivity contribution in [2.45, 2.75) is 24.7 Å². The fourth-order valence-electron chi connectivity index (χ4n) is 1.81. The summed E-state index contributed by atoms with van der Waals surface area (Å²) in [7, 11) is -3.31. The van der Waals surface area contributed by atoms with Crippen molar-refractivity contribution in [1.29, 1.82) is 0 Å². The highest BCUT2D eigenvalue weighted by molar-refractivity contribution is 7.90. The van der Waals surface area contributed by atoms with Crippen molar-refractivity contribution in [3.63, 3.8) is 0 Å². The Morgan fingerprint density at radius 2 is 2.00 bits per heavy atom. The van der Waals surface area contributed by atoms with E-state index in [2.05, 4.69) is 0 Å². The summed E-state index contributed by atoms with van der Waals surface area (Å²) < 4.78 is 23.1. The highest BCUT2D eigenvalue weighted by Crippen LogP contribution is 2.14. The van der Waals surface area contributed by atoms with E-state index in [-0.39, 0.29) is 10.8 Å². The molecule has 0 aliphatic rings. The third kappa shape index (κ3) is 4.80. The Balaban J connectivity index is 2.99. The first-order valence-electron chi connectivity index (χ1n) is 6.55. The van der Waals surface area contributed by atoms with Gasteiger partial charge in [-0.25, -0.2) is 8.42 Å². The van der Waals surface area contributed by atoms with Crippen LogP contribution < -0.4 is 0 Å². The molecule has 0 aliphatic carbocycles. The third-order valence-corrected chi connectivity index (χ3v) is 4.21. The van der Waals surface area contributed by atoms with E-state index in [0.717, 1.165) is 19.1 Å². The number of carbonyl (C=O) groups excluding carboxylic acids is 1. The van der Waals surface area contributed by atoms with Gasteiger partial charge in [0.05, 0.1) is 4.90 Å². The normalized spacial score (nSPS) is 11.3. The highest BCUT2D eigenvalue weighted by Gasteiger charge is 2.17. The molecule has 1 aromatic rings. The molecule has 1 aromatic carbocycles. The summed E-state index contributed by atoms with van der Waals surface area (Å²) in [6, 6.07) is 6.13. The Hall–Kier alpha value is -1.07. The van der Waals surface area contributed by atoms with E-state index in [0.29, 0.717) is 24.5 Å². The molecule has 0 unspecified atom stereocenters. The molecule has 1 rings (SSSR count). The van der Waals surface area contributed by atoms with Crippen LogP contribution in [0.3, 0.4) is 0 Å². The van der Waals surface area contributed by atoms with Crippen LogP contribution in [0.15, 0.2) is 29.2 Å². The predicted molar refractivity (Wildman–Crippen MR) is 81.1 cm³/mol. The molecule has 0 fully saturated rings. The second kappa shape index (κ2) is 7.64. The standard InChI is InChI=1S/C14H20ClNO3S/c1-3-4-9-16(10-8-15)14(17)12-6-5-7-13(11-12)20(2,18)19/h5-7,11H,3-4,8-10H2,1-2H3. The molecule has 112 valence electrons. The maximum Gasteiger partial charge on any atom is 0.253 e. The molecular formula is C14H20ClNO3S. The minimum absolute atomic E-state index is 0.157.